The van der Waals surface area contributed by atoms with E-state index in [0.29, 0.717) is 43.5 Å². The highest BCUT2D eigenvalue weighted by Crippen LogP contribution is 2.14. The molecule has 0 bridgehead atoms. The minimum Gasteiger partial charge on any atom is -0.379 e. The van der Waals surface area contributed by atoms with E-state index in [1.165, 1.54) is 12.1 Å². The maximum Gasteiger partial charge on any atom is 0.253 e. The molecule has 2 aromatic carbocycles. The Hall–Kier alpha value is -2.59. The second kappa shape index (κ2) is 12.2. The van der Waals surface area contributed by atoms with E-state index in [0.717, 1.165) is 38.5 Å². The molecule has 2 saturated heterocycles. The van der Waals surface area contributed by atoms with Gasteiger partial charge in [-0.2, -0.15) is 0 Å². The molecule has 4 rings (SSSR count). The van der Waals surface area contributed by atoms with E-state index in [4.69, 9.17) is 21.7 Å². The predicted octanol–water partition coefficient (Wildman–Crippen LogP) is 2.70. The normalized spacial score (nSPS) is 19.0. The van der Waals surface area contributed by atoms with Crippen molar-refractivity contribution in [2.24, 2.45) is 0 Å². The lowest BCUT2D eigenvalue weighted by Gasteiger charge is -2.37. The third-order valence-electron chi connectivity index (χ3n) is 6.04. The summed E-state index contributed by atoms with van der Waals surface area (Å²) in [6.07, 6.45) is -0.168. The maximum absolute atomic E-state index is 13.3. The monoisotopic (exact) mass is 486 g/mol. The Bertz CT molecular complexity index is 941. The van der Waals surface area contributed by atoms with Crippen LogP contribution in [-0.2, 0) is 9.47 Å². The molecule has 0 saturated carbocycles. The summed E-state index contributed by atoms with van der Waals surface area (Å²) in [7, 11) is 0. The number of nitrogens with one attached hydrogen (secondary N) is 1. The number of nitrogens with zero attached hydrogens (tertiary/aromatic N) is 3. The van der Waals surface area contributed by atoms with Gasteiger partial charge in [0, 0.05) is 57.1 Å². The van der Waals surface area contributed by atoms with Gasteiger partial charge in [-0.3, -0.25) is 9.69 Å². The molecule has 1 amide bonds. The number of benzene rings is 2. The van der Waals surface area contributed by atoms with Crippen LogP contribution in [0, 0.1) is 5.82 Å². The molecule has 34 heavy (non-hydrogen) atoms. The molecular formula is C25H31FN4O3S. The molecule has 0 aliphatic carbocycles. The van der Waals surface area contributed by atoms with Crippen molar-refractivity contribution in [1.82, 2.24) is 14.7 Å². The average Bonchev–Trinajstić information content (AvgIpc) is 2.88. The zero-order valence-corrected chi connectivity index (χ0v) is 20.0. The molecule has 2 heterocycles. The maximum atomic E-state index is 13.3. The van der Waals surface area contributed by atoms with Gasteiger partial charge in [-0.05, 0) is 48.6 Å². The first-order valence-electron chi connectivity index (χ1n) is 11.7. The van der Waals surface area contributed by atoms with Crippen LogP contribution in [0.15, 0.2) is 54.6 Å². The molecule has 0 spiro atoms. The highest BCUT2D eigenvalue weighted by atomic mass is 32.1. The van der Waals surface area contributed by atoms with Crippen molar-refractivity contribution in [3.8, 4) is 0 Å². The molecule has 182 valence electrons. The largest absolute Gasteiger partial charge is 0.379 e. The summed E-state index contributed by atoms with van der Waals surface area (Å²) >= 11 is 5.59. The topological polar surface area (TPSA) is 57.3 Å². The van der Waals surface area contributed by atoms with E-state index >= 15 is 0 Å². The van der Waals surface area contributed by atoms with Crippen molar-refractivity contribution in [3.05, 3.63) is 66.0 Å². The minimum absolute atomic E-state index is 0.00148. The number of carbonyl (C=O) groups is 1. The van der Waals surface area contributed by atoms with Gasteiger partial charge < -0.3 is 24.6 Å². The Morgan fingerprint density at radius 2 is 1.79 bits per heavy atom. The van der Waals surface area contributed by atoms with E-state index in [2.05, 4.69) is 10.2 Å². The summed E-state index contributed by atoms with van der Waals surface area (Å²) in [6.45, 7) is 6.86. The number of anilines is 1. The second-order valence-corrected chi connectivity index (χ2v) is 8.83. The average molecular weight is 487 g/mol. The van der Waals surface area contributed by atoms with E-state index in [-0.39, 0.29) is 17.8 Å². The van der Waals surface area contributed by atoms with Gasteiger partial charge in [0.25, 0.3) is 5.91 Å². The highest BCUT2D eigenvalue weighted by molar-refractivity contribution is 7.80. The predicted molar refractivity (Wildman–Crippen MR) is 134 cm³/mol. The van der Waals surface area contributed by atoms with Crippen molar-refractivity contribution >= 4 is 28.9 Å². The van der Waals surface area contributed by atoms with Crippen LogP contribution in [-0.4, -0.2) is 97.5 Å². The highest BCUT2D eigenvalue weighted by Gasteiger charge is 2.27. The fourth-order valence-corrected chi connectivity index (χ4v) is 4.41. The molecule has 2 aliphatic rings. The van der Waals surface area contributed by atoms with Gasteiger partial charge in [0.2, 0.25) is 0 Å². The number of hydrogen-bond donors (Lipinski definition) is 1. The molecule has 2 fully saturated rings. The van der Waals surface area contributed by atoms with E-state index in [9.17, 15) is 9.18 Å². The lowest BCUT2D eigenvalue weighted by molar-refractivity contribution is -0.0228. The van der Waals surface area contributed by atoms with Crippen molar-refractivity contribution in [3.63, 3.8) is 0 Å². The van der Waals surface area contributed by atoms with Crippen LogP contribution < -0.4 is 5.32 Å². The number of hydrogen-bond acceptors (Lipinski definition) is 5. The second-order valence-electron chi connectivity index (χ2n) is 8.45. The first kappa shape index (κ1) is 24.5. The third-order valence-corrected chi connectivity index (χ3v) is 6.40. The van der Waals surface area contributed by atoms with Crippen molar-refractivity contribution < 1.29 is 18.7 Å². The number of amides is 1. The summed E-state index contributed by atoms with van der Waals surface area (Å²) in [5, 5.41) is 3.73. The van der Waals surface area contributed by atoms with Gasteiger partial charge in [-0.1, -0.05) is 18.2 Å². The van der Waals surface area contributed by atoms with E-state index in [1.807, 2.05) is 40.1 Å². The number of halogens is 1. The lowest BCUT2D eigenvalue weighted by atomic mass is 10.1. The fourth-order valence-electron chi connectivity index (χ4n) is 4.12. The molecule has 2 aliphatic heterocycles. The third kappa shape index (κ3) is 6.96. The molecule has 0 aromatic heterocycles. The summed E-state index contributed by atoms with van der Waals surface area (Å²) in [5.41, 5.74) is 1.41. The smallest absolute Gasteiger partial charge is 0.253 e. The number of morpholine rings is 2. The van der Waals surface area contributed by atoms with Gasteiger partial charge in [-0.25, -0.2) is 4.39 Å². The van der Waals surface area contributed by atoms with E-state index < -0.39 is 0 Å². The minimum atomic E-state index is -0.289. The number of carbonyl (C=O) groups excluding carboxylic acids is 1. The summed E-state index contributed by atoms with van der Waals surface area (Å²) in [5.74, 6) is -0.287. The summed E-state index contributed by atoms with van der Waals surface area (Å²) < 4.78 is 24.7. The van der Waals surface area contributed by atoms with E-state index in [1.54, 1.807) is 12.1 Å². The molecule has 2 aromatic rings. The van der Waals surface area contributed by atoms with Crippen molar-refractivity contribution in [2.45, 2.75) is 6.10 Å². The van der Waals surface area contributed by atoms with Crippen LogP contribution in [0.5, 0.6) is 0 Å². The molecule has 0 radical (unpaired) electrons. The van der Waals surface area contributed by atoms with Crippen LogP contribution >= 0.6 is 12.2 Å². The fraction of sp³-hybridized carbons (Fsp3) is 0.440. The Morgan fingerprint density at radius 3 is 2.53 bits per heavy atom. The summed E-state index contributed by atoms with van der Waals surface area (Å²) in [6, 6.07) is 15.5. The number of rotatable bonds is 7. The first-order valence-corrected chi connectivity index (χ1v) is 12.1. The quantitative estimate of drug-likeness (QED) is 0.604. The Morgan fingerprint density at radius 1 is 1.06 bits per heavy atom. The zero-order chi connectivity index (χ0) is 23.8. The SMILES string of the molecule is O=C(c1ccccc1)N(CCN1CCOCC1)CC1CN(C(=S)Nc2ccc(F)cc2)CCO1. The Labute approximate surface area is 205 Å². The molecule has 1 N–H and O–H groups in total. The van der Waals surface area contributed by atoms with Crippen molar-refractivity contribution in [2.75, 3.05) is 71.0 Å². The lowest BCUT2D eigenvalue weighted by Crippen LogP contribution is -2.52. The number of thiocarbonyl (C=S) groups is 1. The van der Waals surface area contributed by atoms with Crippen LogP contribution in [0.25, 0.3) is 0 Å². The van der Waals surface area contributed by atoms with Crippen LogP contribution in [0.3, 0.4) is 0 Å². The van der Waals surface area contributed by atoms with Crippen LogP contribution in [0.4, 0.5) is 10.1 Å². The molecule has 1 unspecified atom stereocenters. The van der Waals surface area contributed by atoms with Gasteiger partial charge in [0.05, 0.1) is 25.9 Å². The summed E-state index contributed by atoms with van der Waals surface area (Å²) in [4.78, 5) is 19.6. The van der Waals surface area contributed by atoms with Crippen LogP contribution in [0.2, 0.25) is 0 Å². The van der Waals surface area contributed by atoms with Gasteiger partial charge in [0.15, 0.2) is 5.11 Å². The van der Waals surface area contributed by atoms with Gasteiger partial charge in [0.1, 0.15) is 5.82 Å². The zero-order valence-electron chi connectivity index (χ0n) is 19.2. The number of ether oxygens (including phenoxy) is 2. The molecular weight excluding hydrogens is 455 g/mol. The molecule has 1 atom stereocenters. The first-order chi connectivity index (χ1) is 16.6. The standard InChI is InChI=1S/C25H31FN4O3S/c26-21-6-8-22(9-7-21)27-25(34)30-14-17-33-23(19-30)18-29(11-10-28-12-15-32-16-13-28)24(31)20-4-2-1-3-5-20/h1-9,23H,10-19H2,(H,27,34). The van der Waals surface area contributed by atoms with Gasteiger partial charge in [-0.15, -0.1) is 0 Å². The molecule has 9 heteroatoms. The van der Waals surface area contributed by atoms with Gasteiger partial charge >= 0.3 is 0 Å². The Balaban J connectivity index is 1.38. The molecule has 7 nitrogen and oxygen atoms in total. The van der Waals surface area contributed by atoms with Crippen molar-refractivity contribution in [1.29, 1.82) is 0 Å². The Kier molecular flexibility index (Phi) is 8.81. The van der Waals surface area contributed by atoms with Crippen LogP contribution in [0.1, 0.15) is 10.4 Å².